The molecule has 1 aliphatic rings. The quantitative estimate of drug-likeness (QED) is 0.901. The second kappa shape index (κ2) is 6.88. The Morgan fingerprint density at radius 1 is 1.42 bits per heavy atom. The fraction of sp³-hybridized carbons (Fsp3) is 0.462. The highest BCUT2D eigenvalue weighted by Crippen LogP contribution is 2.22. The number of aliphatic hydroxyl groups is 1. The molecule has 1 saturated heterocycles. The number of ether oxygens (including phenoxy) is 2. The fourth-order valence-electron chi connectivity index (χ4n) is 1.81. The highest BCUT2D eigenvalue weighted by molar-refractivity contribution is 9.10. The standard InChI is InChI=1S/C13H16BrNO4/c14-12-2-1-11(7-10(12)8-16)19-9-13(17)15-3-5-18-6-4-15/h1-2,7,16H,3-6,8-9H2. The van der Waals surface area contributed by atoms with Crippen LogP contribution in [-0.4, -0.2) is 48.8 Å². The van der Waals surface area contributed by atoms with E-state index in [2.05, 4.69) is 15.9 Å². The number of hydrogen-bond acceptors (Lipinski definition) is 4. The zero-order valence-electron chi connectivity index (χ0n) is 10.5. The molecule has 0 unspecified atom stereocenters. The minimum atomic E-state index is -0.0742. The molecule has 1 N–H and O–H groups in total. The van der Waals surface area contributed by atoms with Crippen molar-refractivity contribution >= 4 is 21.8 Å². The highest BCUT2D eigenvalue weighted by atomic mass is 79.9. The lowest BCUT2D eigenvalue weighted by molar-refractivity contribution is -0.137. The molecule has 104 valence electrons. The van der Waals surface area contributed by atoms with Crippen molar-refractivity contribution in [1.29, 1.82) is 0 Å². The Morgan fingerprint density at radius 2 is 2.16 bits per heavy atom. The summed E-state index contributed by atoms with van der Waals surface area (Å²) in [7, 11) is 0. The number of morpholine rings is 1. The summed E-state index contributed by atoms with van der Waals surface area (Å²) in [6.45, 7) is 2.33. The average Bonchev–Trinajstić information content (AvgIpc) is 2.47. The predicted molar refractivity (Wildman–Crippen MR) is 73.0 cm³/mol. The van der Waals surface area contributed by atoms with Gasteiger partial charge in [0.05, 0.1) is 19.8 Å². The number of nitrogens with zero attached hydrogens (tertiary/aromatic N) is 1. The van der Waals surface area contributed by atoms with Gasteiger partial charge in [-0.25, -0.2) is 0 Å². The summed E-state index contributed by atoms with van der Waals surface area (Å²) >= 11 is 3.33. The Labute approximate surface area is 120 Å². The van der Waals surface area contributed by atoms with Crippen LogP contribution in [0.1, 0.15) is 5.56 Å². The smallest absolute Gasteiger partial charge is 0.260 e. The molecule has 0 saturated carbocycles. The number of aliphatic hydroxyl groups excluding tert-OH is 1. The van der Waals surface area contributed by atoms with Crippen LogP contribution < -0.4 is 4.74 Å². The van der Waals surface area contributed by atoms with Gasteiger partial charge in [-0.1, -0.05) is 15.9 Å². The van der Waals surface area contributed by atoms with Crippen LogP contribution in [0, 0.1) is 0 Å². The predicted octanol–water partition coefficient (Wildman–Crippen LogP) is 1.18. The Kier molecular flexibility index (Phi) is 5.18. The topological polar surface area (TPSA) is 59.0 Å². The van der Waals surface area contributed by atoms with Crippen molar-refractivity contribution < 1.29 is 19.4 Å². The van der Waals surface area contributed by atoms with Crippen LogP contribution in [0.15, 0.2) is 22.7 Å². The van der Waals surface area contributed by atoms with Gasteiger partial charge in [0.2, 0.25) is 0 Å². The number of benzene rings is 1. The summed E-state index contributed by atoms with van der Waals surface area (Å²) in [4.78, 5) is 13.6. The maximum Gasteiger partial charge on any atom is 0.260 e. The van der Waals surface area contributed by atoms with Gasteiger partial charge in [0.15, 0.2) is 6.61 Å². The van der Waals surface area contributed by atoms with E-state index in [0.717, 1.165) is 10.0 Å². The van der Waals surface area contributed by atoms with Gasteiger partial charge in [-0.2, -0.15) is 0 Å². The van der Waals surface area contributed by atoms with Crippen LogP contribution in [0.5, 0.6) is 5.75 Å². The molecule has 1 amide bonds. The van der Waals surface area contributed by atoms with Crippen LogP contribution in [0.2, 0.25) is 0 Å². The highest BCUT2D eigenvalue weighted by Gasteiger charge is 2.17. The number of rotatable bonds is 4. The Balaban J connectivity index is 1.89. The van der Waals surface area contributed by atoms with E-state index in [1.807, 2.05) is 0 Å². The molecule has 1 heterocycles. The molecule has 1 aromatic rings. The zero-order chi connectivity index (χ0) is 13.7. The second-order valence-electron chi connectivity index (χ2n) is 4.19. The van der Waals surface area contributed by atoms with Gasteiger partial charge >= 0.3 is 0 Å². The first-order valence-electron chi connectivity index (χ1n) is 6.08. The third-order valence-corrected chi connectivity index (χ3v) is 3.69. The van der Waals surface area contributed by atoms with Gasteiger partial charge in [-0.05, 0) is 23.8 Å². The Hall–Kier alpha value is -1.11. The molecule has 0 radical (unpaired) electrons. The van der Waals surface area contributed by atoms with Crippen LogP contribution >= 0.6 is 15.9 Å². The van der Waals surface area contributed by atoms with Crippen molar-refractivity contribution in [3.05, 3.63) is 28.2 Å². The molecule has 6 heteroatoms. The molecule has 0 aliphatic carbocycles. The summed E-state index contributed by atoms with van der Waals surface area (Å²) in [5, 5.41) is 9.15. The van der Waals surface area contributed by atoms with Crippen molar-refractivity contribution in [2.24, 2.45) is 0 Å². The number of carbonyl (C=O) groups excluding carboxylic acids is 1. The molecule has 2 rings (SSSR count). The molecule has 5 nitrogen and oxygen atoms in total. The minimum Gasteiger partial charge on any atom is -0.484 e. The van der Waals surface area contributed by atoms with E-state index in [9.17, 15) is 4.79 Å². The van der Waals surface area contributed by atoms with Gasteiger partial charge < -0.3 is 19.5 Å². The molecular weight excluding hydrogens is 314 g/mol. The van der Waals surface area contributed by atoms with E-state index >= 15 is 0 Å². The van der Waals surface area contributed by atoms with Crippen LogP contribution in [0.3, 0.4) is 0 Å². The average molecular weight is 330 g/mol. The van der Waals surface area contributed by atoms with Gasteiger partial charge in [0.1, 0.15) is 5.75 Å². The number of halogens is 1. The summed E-state index contributed by atoms with van der Waals surface area (Å²) < 4.78 is 11.5. The SMILES string of the molecule is O=C(COc1ccc(Br)c(CO)c1)N1CCOCC1. The normalized spacial score (nSPS) is 15.4. The van der Waals surface area contributed by atoms with Gasteiger partial charge in [-0.15, -0.1) is 0 Å². The van der Waals surface area contributed by atoms with Gasteiger partial charge in [0.25, 0.3) is 5.91 Å². The molecule has 0 spiro atoms. The van der Waals surface area contributed by atoms with Crippen LogP contribution in [0.4, 0.5) is 0 Å². The van der Waals surface area contributed by atoms with Crippen molar-refractivity contribution in [3.8, 4) is 5.75 Å². The van der Waals surface area contributed by atoms with Crippen molar-refractivity contribution in [1.82, 2.24) is 4.90 Å². The van der Waals surface area contributed by atoms with E-state index < -0.39 is 0 Å². The number of amides is 1. The second-order valence-corrected chi connectivity index (χ2v) is 5.05. The summed E-state index contributed by atoms with van der Waals surface area (Å²) in [6.07, 6.45) is 0. The first-order chi connectivity index (χ1) is 9.20. The van der Waals surface area contributed by atoms with E-state index in [1.54, 1.807) is 23.1 Å². The van der Waals surface area contributed by atoms with E-state index in [-0.39, 0.29) is 19.1 Å². The molecular formula is C13H16BrNO4. The lowest BCUT2D eigenvalue weighted by Gasteiger charge is -2.26. The number of carbonyl (C=O) groups is 1. The third-order valence-electron chi connectivity index (χ3n) is 2.91. The van der Waals surface area contributed by atoms with Crippen molar-refractivity contribution in [3.63, 3.8) is 0 Å². The zero-order valence-corrected chi connectivity index (χ0v) is 12.1. The molecule has 0 aromatic heterocycles. The van der Waals surface area contributed by atoms with E-state index in [4.69, 9.17) is 14.6 Å². The third kappa shape index (κ3) is 3.92. The number of hydrogen-bond donors (Lipinski definition) is 1. The van der Waals surface area contributed by atoms with Crippen LogP contribution in [-0.2, 0) is 16.1 Å². The lowest BCUT2D eigenvalue weighted by Crippen LogP contribution is -2.42. The first-order valence-corrected chi connectivity index (χ1v) is 6.87. The Bertz CT molecular complexity index is 446. The largest absolute Gasteiger partial charge is 0.484 e. The molecule has 1 fully saturated rings. The molecule has 1 aromatic carbocycles. The maximum atomic E-state index is 11.9. The maximum absolute atomic E-state index is 11.9. The van der Waals surface area contributed by atoms with E-state index in [0.29, 0.717) is 32.1 Å². The monoisotopic (exact) mass is 329 g/mol. The van der Waals surface area contributed by atoms with Crippen molar-refractivity contribution in [2.45, 2.75) is 6.61 Å². The van der Waals surface area contributed by atoms with Crippen molar-refractivity contribution in [2.75, 3.05) is 32.9 Å². The minimum absolute atomic E-state index is 0.00645. The molecule has 0 atom stereocenters. The molecule has 0 bridgehead atoms. The van der Waals surface area contributed by atoms with Crippen LogP contribution in [0.25, 0.3) is 0 Å². The van der Waals surface area contributed by atoms with E-state index in [1.165, 1.54) is 0 Å². The fourth-order valence-corrected chi connectivity index (χ4v) is 2.18. The lowest BCUT2D eigenvalue weighted by atomic mass is 10.2. The molecule has 19 heavy (non-hydrogen) atoms. The first kappa shape index (κ1) is 14.3. The Morgan fingerprint density at radius 3 is 2.84 bits per heavy atom. The summed E-state index contributed by atoms with van der Waals surface area (Å²) in [6, 6.07) is 5.27. The summed E-state index contributed by atoms with van der Waals surface area (Å²) in [5.41, 5.74) is 0.733. The molecule has 1 aliphatic heterocycles. The van der Waals surface area contributed by atoms with Gasteiger partial charge in [-0.3, -0.25) is 4.79 Å². The summed E-state index contributed by atoms with van der Waals surface area (Å²) in [5.74, 6) is 0.533. The van der Waals surface area contributed by atoms with Gasteiger partial charge in [0, 0.05) is 17.6 Å².